The zero-order chi connectivity index (χ0) is 18.9. The molecule has 138 valence electrons. The summed E-state index contributed by atoms with van der Waals surface area (Å²) in [5.41, 5.74) is 0.785. The standard InChI is InChI=1S/C17H17ClN2O5S/c1-26(23,24)16-4-2-3-14(17(16)20(21)22)19-9-10-25-15(11-19)12-5-7-13(18)8-6-12/h2-8,15H,9-11H2,1H3. The highest BCUT2D eigenvalue weighted by atomic mass is 35.5. The van der Waals surface area contributed by atoms with Crippen LogP contribution in [0.3, 0.4) is 0 Å². The van der Waals surface area contributed by atoms with Crippen molar-refractivity contribution < 1.29 is 18.1 Å². The van der Waals surface area contributed by atoms with Crippen molar-refractivity contribution in [2.75, 3.05) is 30.9 Å². The maximum atomic E-state index is 12.0. The van der Waals surface area contributed by atoms with Gasteiger partial charge >= 0.3 is 5.69 Å². The minimum atomic E-state index is -3.72. The van der Waals surface area contributed by atoms with Crippen molar-refractivity contribution in [2.45, 2.75) is 11.0 Å². The summed E-state index contributed by atoms with van der Waals surface area (Å²) < 4.78 is 29.7. The third kappa shape index (κ3) is 3.82. The van der Waals surface area contributed by atoms with Gasteiger partial charge in [-0.3, -0.25) is 10.1 Å². The Hall–Kier alpha value is -2.16. The summed E-state index contributed by atoms with van der Waals surface area (Å²) in [6.45, 7) is 1.17. The van der Waals surface area contributed by atoms with E-state index in [1.54, 1.807) is 23.1 Å². The first-order valence-electron chi connectivity index (χ1n) is 7.87. The van der Waals surface area contributed by atoms with E-state index in [4.69, 9.17) is 16.3 Å². The topological polar surface area (TPSA) is 89.8 Å². The molecule has 0 aromatic heterocycles. The lowest BCUT2D eigenvalue weighted by Gasteiger charge is -2.34. The van der Waals surface area contributed by atoms with E-state index in [1.165, 1.54) is 12.1 Å². The predicted octanol–water partition coefficient (Wildman–Crippen LogP) is 3.23. The average Bonchev–Trinajstić information content (AvgIpc) is 2.61. The van der Waals surface area contributed by atoms with Gasteiger partial charge in [0.25, 0.3) is 0 Å². The van der Waals surface area contributed by atoms with Crippen LogP contribution in [0.15, 0.2) is 47.4 Å². The molecule has 0 aliphatic carbocycles. The van der Waals surface area contributed by atoms with Gasteiger partial charge in [0.15, 0.2) is 9.84 Å². The molecule has 0 bridgehead atoms. The highest BCUT2D eigenvalue weighted by Crippen LogP contribution is 2.37. The second kappa shape index (κ2) is 7.22. The predicted molar refractivity (Wildman–Crippen MR) is 98.6 cm³/mol. The van der Waals surface area contributed by atoms with Crippen LogP contribution in [0.25, 0.3) is 0 Å². The van der Waals surface area contributed by atoms with Gasteiger partial charge < -0.3 is 9.64 Å². The fraction of sp³-hybridized carbons (Fsp3) is 0.294. The van der Waals surface area contributed by atoms with Crippen LogP contribution in [0.5, 0.6) is 0 Å². The number of nitro benzene ring substituents is 1. The van der Waals surface area contributed by atoms with Crippen molar-refractivity contribution in [2.24, 2.45) is 0 Å². The minimum absolute atomic E-state index is 0.278. The molecule has 26 heavy (non-hydrogen) atoms. The first-order chi connectivity index (χ1) is 12.3. The number of halogens is 1. The number of sulfone groups is 1. The van der Waals surface area contributed by atoms with Crippen LogP contribution in [0.4, 0.5) is 11.4 Å². The normalized spacial score (nSPS) is 17.9. The maximum Gasteiger partial charge on any atom is 0.311 e. The fourth-order valence-corrected chi connectivity index (χ4v) is 3.98. The molecule has 9 heteroatoms. The van der Waals surface area contributed by atoms with Crippen LogP contribution in [0, 0.1) is 10.1 Å². The van der Waals surface area contributed by atoms with Crippen LogP contribution in [-0.2, 0) is 14.6 Å². The van der Waals surface area contributed by atoms with E-state index >= 15 is 0 Å². The Morgan fingerprint density at radius 1 is 1.23 bits per heavy atom. The number of benzene rings is 2. The van der Waals surface area contributed by atoms with Gasteiger partial charge in [-0.15, -0.1) is 0 Å². The van der Waals surface area contributed by atoms with E-state index in [1.807, 2.05) is 12.1 Å². The molecule has 1 aliphatic heterocycles. The van der Waals surface area contributed by atoms with Crippen molar-refractivity contribution in [3.05, 3.63) is 63.2 Å². The van der Waals surface area contributed by atoms with Crippen molar-refractivity contribution in [3.8, 4) is 0 Å². The summed E-state index contributed by atoms with van der Waals surface area (Å²) >= 11 is 5.91. The number of nitrogens with zero attached hydrogens (tertiary/aromatic N) is 2. The lowest BCUT2D eigenvalue weighted by atomic mass is 10.1. The van der Waals surface area contributed by atoms with Crippen LogP contribution < -0.4 is 4.90 Å². The molecule has 7 nitrogen and oxygen atoms in total. The minimum Gasteiger partial charge on any atom is -0.370 e. The molecule has 1 saturated heterocycles. The smallest absolute Gasteiger partial charge is 0.311 e. The molecule has 0 N–H and O–H groups in total. The first kappa shape index (κ1) is 18.6. The SMILES string of the molecule is CS(=O)(=O)c1cccc(N2CCOC(c3ccc(Cl)cc3)C2)c1[N+](=O)[O-]. The molecule has 1 fully saturated rings. The van der Waals surface area contributed by atoms with Gasteiger partial charge in [-0.25, -0.2) is 8.42 Å². The third-order valence-corrected chi connectivity index (χ3v) is 5.59. The van der Waals surface area contributed by atoms with E-state index < -0.39 is 20.4 Å². The average molecular weight is 397 g/mol. The van der Waals surface area contributed by atoms with Crippen LogP contribution in [-0.4, -0.2) is 39.3 Å². The summed E-state index contributed by atoms with van der Waals surface area (Å²) in [6, 6.07) is 11.5. The molecule has 1 atom stereocenters. The van der Waals surface area contributed by atoms with Crippen molar-refractivity contribution in [1.82, 2.24) is 0 Å². The summed E-state index contributed by atoms with van der Waals surface area (Å²) in [7, 11) is -3.72. The zero-order valence-corrected chi connectivity index (χ0v) is 15.5. The number of morpholine rings is 1. The third-order valence-electron chi connectivity index (χ3n) is 4.21. The lowest BCUT2D eigenvalue weighted by Crippen LogP contribution is -2.38. The number of hydrogen-bond acceptors (Lipinski definition) is 6. The molecule has 2 aromatic rings. The monoisotopic (exact) mass is 396 g/mol. The van der Waals surface area contributed by atoms with Gasteiger partial charge in [-0.05, 0) is 29.8 Å². The summed E-state index contributed by atoms with van der Waals surface area (Å²) in [6.07, 6.45) is 0.678. The molecular formula is C17H17ClN2O5S. The van der Waals surface area contributed by atoms with Crippen LogP contribution in [0.2, 0.25) is 5.02 Å². The number of rotatable bonds is 4. The van der Waals surface area contributed by atoms with E-state index in [-0.39, 0.29) is 16.7 Å². The van der Waals surface area contributed by atoms with Crippen molar-refractivity contribution >= 4 is 32.8 Å². The zero-order valence-electron chi connectivity index (χ0n) is 14.0. The summed E-state index contributed by atoms with van der Waals surface area (Å²) in [5.74, 6) is 0. The molecule has 0 radical (unpaired) electrons. The van der Waals surface area contributed by atoms with Gasteiger partial charge in [0.05, 0.1) is 11.5 Å². The highest BCUT2D eigenvalue weighted by molar-refractivity contribution is 7.90. The maximum absolute atomic E-state index is 12.0. The highest BCUT2D eigenvalue weighted by Gasteiger charge is 2.31. The van der Waals surface area contributed by atoms with Crippen LogP contribution >= 0.6 is 11.6 Å². The van der Waals surface area contributed by atoms with Gasteiger partial charge in [0, 0.05) is 24.4 Å². The first-order valence-corrected chi connectivity index (χ1v) is 10.1. The van der Waals surface area contributed by atoms with Gasteiger partial charge in [-0.2, -0.15) is 0 Å². The van der Waals surface area contributed by atoms with Gasteiger partial charge in [0.2, 0.25) is 0 Å². The quantitative estimate of drug-likeness (QED) is 0.582. The Balaban J connectivity index is 1.98. The molecule has 1 heterocycles. The van der Waals surface area contributed by atoms with E-state index in [0.717, 1.165) is 11.8 Å². The van der Waals surface area contributed by atoms with E-state index in [0.29, 0.717) is 24.7 Å². The molecule has 2 aromatic carbocycles. The van der Waals surface area contributed by atoms with E-state index in [9.17, 15) is 18.5 Å². The molecule has 1 aliphatic rings. The second-order valence-corrected chi connectivity index (χ2v) is 8.43. The van der Waals surface area contributed by atoms with Crippen LogP contribution in [0.1, 0.15) is 11.7 Å². The lowest BCUT2D eigenvalue weighted by molar-refractivity contribution is -0.387. The van der Waals surface area contributed by atoms with E-state index in [2.05, 4.69) is 0 Å². The van der Waals surface area contributed by atoms with Gasteiger partial charge in [0.1, 0.15) is 16.7 Å². The Morgan fingerprint density at radius 2 is 1.92 bits per heavy atom. The number of nitro groups is 1. The summed E-state index contributed by atoms with van der Waals surface area (Å²) in [4.78, 5) is 12.5. The molecule has 3 rings (SSSR count). The summed E-state index contributed by atoms with van der Waals surface area (Å²) in [5, 5.41) is 12.2. The molecule has 0 amide bonds. The number of hydrogen-bond donors (Lipinski definition) is 0. The molecule has 0 spiro atoms. The second-order valence-electron chi connectivity index (χ2n) is 6.01. The fourth-order valence-electron chi connectivity index (χ4n) is 3.00. The largest absolute Gasteiger partial charge is 0.370 e. The van der Waals surface area contributed by atoms with Gasteiger partial charge in [-0.1, -0.05) is 29.8 Å². The Labute approximate surface area is 156 Å². The number of para-hydroxylation sites is 1. The van der Waals surface area contributed by atoms with Crippen molar-refractivity contribution in [3.63, 3.8) is 0 Å². The molecule has 0 saturated carbocycles. The Morgan fingerprint density at radius 3 is 2.54 bits per heavy atom. The molecule has 1 unspecified atom stereocenters. The van der Waals surface area contributed by atoms with Crippen molar-refractivity contribution in [1.29, 1.82) is 0 Å². The Kier molecular flexibility index (Phi) is 5.17. The Bertz CT molecular complexity index is 931. The number of anilines is 1. The molecular weight excluding hydrogens is 380 g/mol. The number of ether oxygens (including phenoxy) is 1.